The van der Waals surface area contributed by atoms with Gasteiger partial charge in [-0.3, -0.25) is 4.90 Å². The molecule has 3 heteroatoms. The fraction of sp³-hybridized carbons (Fsp3) is 1.00. The number of nitrogens with zero attached hydrogens (tertiary/aromatic N) is 1. The van der Waals surface area contributed by atoms with E-state index in [4.69, 9.17) is 4.74 Å². The Balaban J connectivity index is 1.94. The maximum Gasteiger partial charge on any atom is 0.0655 e. The fourth-order valence-corrected chi connectivity index (χ4v) is 3.96. The van der Waals surface area contributed by atoms with E-state index in [0.29, 0.717) is 29.6 Å². The lowest BCUT2D eigenvalue weighted by Crippen LogP contribution is -2.63. The van der Waals surface area contributed by atoms with Gasteiger partial charge < -0.3 is 10.1 Å². The van der Waals surface area contributed by atoms with Crippen LogP contribution in [-0.2, 0) is 4.74 Å². The Hall–Kier alpha value is -0.120. The van der Waals surface area contributed by atoms with Crippen LogP contribution in [0, 0.1) is 5.41 Å². The summed E-state index contributed by atoms with van der Waals surface area (Å²) in [6, 6.07) is 2.05. The van der Waals surface area contributed by atoms with Crippen LogP contribution in [0.4, 0.5) is 0 Å². The molecule has 0 aromatic heterocycles. The first-order chi connectivity index (χ1) is 9.48. The van der Waals surface area contributed by atoms with Crippen molar-refractivity contribution in [3.8, 4) is 0 Å². The van der Waals surface area contributed by atoms with Crippen molar-refractivity contribution in [2.45, 2.75) is 84.5 Å². The molecular weight excluding hydrogens is 248 g/mol. The number of ether oxygens (including phenoxy) is 1. The maximum atomic E-state index is 5.89. The van der Waals surface area contributed by atoms with Crippen molar-refractivity contribution < 1.29 is 4.74 Å². The molecule has 4 atom stereocenters. The molecule has 1 N–H and O–H groups in total. The third-order valence-electron chi connectivity index (χ3n) is 5.56. The van der Waals surface area contributed by atoms with Crippen molar-refractivity contribution in [2.75, 3.05) is 19.7 Å². The van der Waals surface area contributed by atoms with Crippen molar-refractivity contribution in [1.29, 1.82) is 0 Å². The Kier molecular flexibility index (Phi) is 5.49. The van der Waals surface area contributed by atoms with Gasteiger partial charge in [0.25, 0.3) is 0 Å². The van der Waals surface area contributed by atoms with Gasteiger partial charge in [0.15, 0.2) is 0 Å². The van der Waals surface area contributed by atoms with Crippen LogP contribution in [0.5, 0.6) is 0 Å². The van der Waals surface area contributed by atoms with E-state index in [1.54, 1.807) is 0 Å². The fourth-order valence-electron chi connectivity index (χ4n) is 3.96. The van der Waals surface area contributed by atoms with E-state index in [9.17, 15) is 0 Å². The zero-order valence-corrected chi connectivity index (χ0v) is 14.1. The minimum Gasteiger partial charge on any atom is -0.378 e. The summed E-state index contributed by atoms with van der Waals surface area (Å²) in [7, 11) is 0. The second kappa shape index (κ2) is 6.76. The molecule has 0 aromatic carbocycles. The van der Waals surface area contributed by atoms with E-state index < -0.39 is 0 Å². The standard InChI is InChI=1S/C17H34N2O/c1-6-14-9-11-19(10-8-13(3)18-14)15-12-16(20-7-2)17(15,4)5/h13-16,18H,6-12H2,1-5H3. The van der Waals surface area contributed by atoms with E-state index in [2.05, 4.69) is 44.8 Å². The predicted octanol–water partition coefficient (Wildman–Crippen LogP) is 3.04. The van der Waals surface area contributed by atoms with Gasteiger partial charge in [-0.05, 0) is 52.6 Å². The average Bonchev–Trinajstić information content (AvgIpc) is 2.40. The largest absolute Gasteiger partial charge is 0.378 e. The molecule has 1 heterocycles. The summed E-state index contributed by atoms with van der Waals surface area (Å²) in [6.07, 6.45) is 5.47. The molecule has 0 amide bonds. The zero-order valence-electron chi connectivity index (χ0n) is 14.1. The molecule has 0 aromatic rings. The van der Waals surface area contributed by atoms with Gasteiger partial charge in [-0.25, -0.2) is 0 Å². The zero-order chi connectivity index (χ0) is 14.8. The van der Waals surface area contributed by atoms with Crippen LogP contribution >= 0.6 is 0 Å². The van der Waals surface area contributed by atoms with Crippen molar-refractivity contribution >= 4 is 0 Å². The van der Waals surface area contributed by atoms with Gasteiger partial charge in [0, 0.05) is 30.1 Å². The summed E-state index contributed by atoms with van der Waals surface area (Å²) < 4.78 is 5.89. The predicted molar refractivity (Wildman–Crippen MR) is 85.1 cm³/mol. The third-order valence-corrected chi connectivity index (χ3v) is 5.56. The topological polar surface area (TPSA) is 24.5 Å². The van der Waals surface area contributed by atoms with Crippen molar-refractivity contribution in [3.63, 3.8) is 0 Å². The van der Waals surface area contributed by atoms with E-state index in [0.717, 1.165) is 6.61 Å². The normalized spacial score (nSPS) is 38.9. The molecular formula is C17H34N2O. The molecule has 0 spiro atoms. The highest BCUT2D eigenvalue weighted by Crippen LogP contribution is 2.46. The number of hydrogen-bond acceptors (Lipinski definition) is 3. The Labute approximate surface area is 125 Å². The first-order valence-electron chi connectivity index (χ1n) is 8.60. The number of nitrogens with one attached hydrogen (secondary N) is 1. The minimum atomic E-state index is 0.313. The van der Waals surface area contributed by atoms with E-state index in [1.165, 1.54) is 38.8 Å². The van der Waals surface area contributed by atoms with Crippen LogP contribution in [0.1, 0.15) is 60.3 Å². The monoisotopic (exact) mass is 282 g/mol. The molecule has 1 saturated carbocycles. The Morgan fingerprint density at radius 3 is 2.50 bits per heavy atom. The van der Waals surface area contributed by atoms with Crippen molar-refractivity contribution in [3.05, 3.63) is 0 Å². The lowest BCUT2D eigenvalue weighted by molar-refractivity contribution is -0.151. The first kappa shape index (κ1) is 16.3. The Morgan fingerprint density at radius 2 is 1.90 bits per heavy atom. The third kappa shape index (κ3) is 3.37. The molecule has 3 nitrogen and oxygen atoms in total. The highest BCUT2D eigenvalue weighted by molar-refractivity contribution is 5.04. The molecule has 1 aliphatic heterocycles. The van der Waals surface area contributed by atoms with Crippen LogP contribution < -0.4 is 5.32 Å². The number of hydrogen-bond donors (Lipinski definition) is 1. The lowest BCUT2D eigenvalue weighted by atomic mass is 9.63. The van der Waals surface area contributed by atoms with Crippen molar-refractivity contribution in [1.82, 2.24) is 10.2 Å². The van der Waals surface area contributed by atoms with Gasteiger partial charge in [-0.1, -0.05) is 20.8 Å². The number of rotatable bonds is 4. The average molecular weight is 282 g/mol. The Bertz CT molecular complexity index is 305. The molecule has 0 bridgehead atoms. The molecule has 1 saturated heterocycles. The molecule has 118 valence electrons. The summed E-state index contributed by atoms with van der Waals surface area (Å²) in [6.45, 7) is 14.8. The van der Waals surface area contributed by atoms with Crippen LogP contribution in [0.3, 0.4) is 0 Å². The molecule has 20 heavy (non-hydrogen) atoms. The molecule has 2 rings (SSSR count). The maximum absolute atomic E-state index is 5.89. The van der Waals surface area contributed by atoms with Gasteiger partial charge in [0.05, 0.1) is 6.10 Å². The van der Waals surface area contributed by atoms with Gasteiger partial charge >= 0.3 is 0 Å². The summed E-state index contributed by atoms with van der Waals surface area (Å²) >= 11 is 0. The van der Waals surface area contributed by atoms with Gasteiger partial charge in [-0.15, -0.1) is 0 Å². The molecule has 2 aliphatic rings. The van der Waals surface area contributed by atoms with E-state index in [1.807, 2.05) is 0 Å². The van der Waals surface area contributed by atoms with Crippen LogP contribution in [0.2, 0.25) is 0 Å². The summed E-state index contributed by atoms with van der Waals surface area (Å²) in [5, 5.41) is 3.76. The van der Waals surface area contributed by atoms with Gasteiger partial charge in [0.2, 0.25) is 0 Å². The van der Waals surface area contributed by atoms with Crippen LogP contribution in [0.15, 0.2) is 0 Å². The quantitative estimate of drug-likeness (QED) is 0.858. The van der Waals surface area contributed by atoms with E-state index in [-0.39, 0.29) is 0 Å². The highest BCUT2D eigenvalue weighted by Gasteiger charge is 2.51. The molecule has 1 aliphatic carbocycles. The van der Waals surface area contributed by atoms with Gasteiger partial charge in [-0.2, -0.15) is 0 Å². The second-order valence-corrected chi connectivity index (χ2v) is 7.30. The summed E-state index contributed by atoms with van der Waals surface area (Å²) in [4.78, 5) is 2.75. The van der Waals surface area contributed by atoms with E-state index >= 15 is 0 Å². The van der Waals surface area contributed by atoms with Crippen molar-refractivity contribution in [2.24, 2.45) is 5.41 Å². The Morgan fingerprint density at radius 1 is 1.20 bits per heavy atom. The highest BCUT2D eigenvalue weighted by atomic mass is 16.5. The summed E-state index contributed by atoms with van der Waals surface area (Å²) in [5.74, 6) is 0. The van der Waals surface area contributed by atoms with Gasteiger partial charge in [0.1, 0.15) is 0 Å². The summed E-state index contributed by atoms with van der Waals surface area (Å²) in [5.41, 5.74) is 0.313. The van der Waals surface area contributed by atoms with Crippen LogP contribution in [-0.4, -0.2) is 48.8 Å². The lowest BCUT2D eigenvalue weighted by Gasteiger charge is -2.56. The molecule has 4 unspecified atom stereocenters. The smallest absolute Gasteiger partial charge is 0.0655 e. The second-order valence-electron chi connectivity index (χ2n) is 7.30. The SMILES string of the molecule is CCOC1CC(N2CCC(C)NC(CC)CC2)C1(C)C. The molecule has 0 radical (unpaired) electrons. The minimum absolute atomic E-state index is 0.313. The first-order valence-corrected chi connectivity index (χ1v) is 8.60. The van der Waals surface area contributed by atoms with Crippen LogP contribution in [0.25, 0.3) is 0 Å². The molecule has 2 fully saturated rings.